The van der Waals surface area contributed by atoms with Crippen LogP contribution in [0.1, 0.15) is 22.1 Å². The number of rotatable bonds is 5. The molecule has 0 unspecified atom stereocenters. The lowest BCUT2D eigenvalue weighted by Gasteiger charge is -2.19. The summed E-state index contributed by atoms with van der Waals surface area (Å²) in [5, 5.41) is 8.73. The van der Waals surface area contributed by atoms with Gasteiger partial charge in [0.2, 0.25) is 5.76 Å². The summed E-state index contributed by atoms with van der Waals surface area (Å²) in [7, 11) is 0. The number of carbonyl (C=O) groups is 1. The molecule has 0 radical (unpaired) electrons. The molecule has 0 saturated carbocycles. The van der Waals surface area contributed by atoms with E-state index in [1.807, 2.05) is 0 Å². The summed E-state index contributed by atoms with van der Waals surface area (Å²) in [6.07, 6.45) is -2.66. The van der Waals surface area contributed by atoms with E-state index in [0.29, 0.717) is 11.6 Å². The summed E-state index contributed by atoms with van der Waals surface area (Å²) >= 11 is 0. The molecule has 0 atom stereocenters. The highest BCUT2D eigenvalue weighted by Gasteiger charge is 2.24. The summed E-state index contributed by atoms with van der Waals surface area (Å²) in [4.78, 5) is 16.6. The largest absolute Gasteiger partial charge is 0.436 e. The van der Waals surface area contributed by atoms with E-state index < -0.39 is 18.9 Å². The molecular formula is C10H14F2N2O3. The number of oxazole rings is 1. The maximum atomic E-state index is 12.3. The minimum absolute atomic E-state index is 0.0587. The maximum Gasteiger partial charge on any atom is 0.291 e. The molecule has 0 aliphatic heterocycles. The third-order valence-corrected chi connectivity index (χ3v) is 2.11. The number of hydrogen-bond acceptors (Lipinski definition) is 4. The second-order valence-corrected chi connectivity index (χ2v) is 3.51. The molecule has 1 aromatic heterocycles. The van der Waals surface area contributed by atoms with Crippen LogP contribution in [0.2, 0.25) is 0 Å². The molecule has 0 spiro atoms. The number of halogens is 2. The van der Waals surface area contributed by atoms with Gasteiger partial charge in [0.1, 0.15) is 0 Å². The van der Waals surface area contributed by atoms with E-state index in [2.05, 4.69) is 4.98 Å². The van der Waals surface area contributed by atoms with Gasteiger partial charge in [-0.15, -0.1) is 0 Å². The van der Waals surface area contributed by atoms with Crippen molar-refractivity contribution >= 4 is 5.91 Å². The van der Waals surface area contributed by atoms with E-state index in [0.717, 1.165) is 4.90 Å². The van der Waals surface area contributed by atoms with Crippen LogP contribution >= 0.6 is 0 Å². The molecule has 0 aromatic carbocycles. The number of hydrogen-bond donors (Lipinski definition) is 1. The Kier molecular flexibility index (Phi) is 4.56. The summed E-state index contributed by atoms with van der Waals surface area (Å²) in [6.45, 7) is 1.84. The van der Waals surface area contributed by atoms with Crippen LogP contribution in [-0.2, 0) is 0 Å². The quantitative estimate of drug-likeness (QED) is 0.843. The molecule has 1 aromatic rings. The Hall–Kier alpha value is -1.50. The van der Waals surface area contributed by atoms with Crippen LogP contribution in [-0.4, -0.2) is 47.0 Å². The highest BCUT2D eigenvalue weighted by molar-refractivity contribution is 5.92. The van der Waals surface area contributed by atoms with Crippen molar-refractivity contribution in [3.05, 3.63) is 17.3 Å². The number of aliphatic hydroxyl groups is 1. The second kappa shape index (κ2) is 5.72. The van der Waals surface area contributed by atoms with Crippen molar-refractivity contribution in [1.29, 1.82) is 0 Å². The number of aromatic nitrogens is 1. The van der Waals surface area contributed by atoms with Crippen molar-refractivity contribution in [3.8, 4) is 0 Å². The molecular weight excluding hydrogens is 234 g/mol. The SMILES string of the molecule is Cc1nc(C)c(C(=O)N(CCO)CC(F)F)o1. The van der Waals surface area contributed by atoms with E-state index in [1.165, 1.54) is 0 Å². The van der Waals surface area contributed by atoms with Gasteiger partial charge in [-0.1, -0.05) is 0 Å². The van der Waals surface area contributed by atoms with Gasteiger partial charge in [-0.2, -0.15) is 0 Å². The van der Waals surface area contributed by atoms with Crippen molar-refractivity contribution in [2.24, 2.45) is 0 Å². The minimum Gasteiger partial charge on any atom is -0.436 e. The lowest BCUT2D eigenvalue weighted by molar-refractivity contribution is 0.0481. The first kappa shape index (κ1) is 13.6. The van der Waals surface area contributed by atoms with E-state index in [1.54, 1.807) is 13.8 Å². The number of aliphatic hydroxyl groups excluding tert-OH is 1. The summed E-state index contributed by atoms with van der Waals surface area (Å²) < 4.78 is 29.6. The molecule has 0 fully saturated rings. The molecule has 17 heavy (non-hydrogen) atoms. The first-order valence-electron chi connectivity index (χ1n) is 5.08. The second-order valence-electron chi connectivity index (χ2n) is 3.51. The number of alkyl halides is 2. The Bertz CT molecular complexity index is 393. The highest BCUT2D eigenvalue weighted by Crippen LogP contribution is 2.13. The molecule has 7 heteroatoms. The predicted octanol–water partition coefficient (Wildman–Crippen LogP) is 0.991. The molecule has 0 aliphatic rings. The number of amides is 1. The predicted molar refractivity (Wildman–Crippen MR) is 55.0 cm³/mol. The van der Waals surface area contributed by atoms with Gasteiger partial charge in [0.15, 0.2) is 5.89 Å². The van der Waals surface area contributed by atoms with E-state index in [9.17, 15) is 13.6 Å². The first-order valence-corrected chi connectivity index (χ1v) is 5.08. The van der Waals surface area contributed by atoms with Gasteiger partial charge in [-0.3, -0.25) is 4.79 Å². The van der Waals surface area contributed by atoms with Gasteiger partial charge < -0.3 is 14.4 Å². The van der Waals surface area contributed by atoms with Gasteiger partial charge in [-0.05, 0) is 6.92 Å². The monoisotopic (exact) mass is 248 g/mol. The van der Waals surface area contributed by atoms with Crippen LogP contribution in [0.3, 0.4) is 0 Å². The van der Waals surface area contributed by atoms with Crippen molar-refractivity contribution < 1.29 is 23.1 Å². The van der Waals surface area contributed by atoms with Gasteiger partial charge in [0.05, 0.1) is 18.8 Å². The molecule has 1 heterocycles. The fourth-order valence-electron chi connectivity index (χ4n) is 1.44. The average molecular weight is 248 g/mol. The fourth-order valence-corrected chi connectivity index (χ4v) is 1.44. The van der Waals surface area contributed by atoms with E-state index in [4.69, 9.17) is 9.52 Å². The van der Waals surface area contributed by atoms with Crippen LogP contribution in [0, 0.1) is 13.8 Å². The van der Waals surface area contributed by atoms with Crippen LogP contribution in [0.4, 0.5) is 8.78 Å². The zero-order valence-electron chi connectivity index (χ0n) is 9.61. The third-order valence-electron chi connectivity index (χ3n) is 2.11. The lowest BCUT2D eigenvalue weighted by Crippen LogP contribution is -2.37. The van der Waals surface area contributed by atoms with Crippen molar-refractivity contribution in [2.75, 3.05) is 19.7 Å². The lowest BCUT2D eigenvalue weighted by atomic mass is 10.3. The Labute approximate surface area is 97.0 Å². The zero-order chi connectivity index (χ0) is 13.0. The molecule has 0 aliphatic carbocycles. The number of nitrogens with zero attached hydrogens (tertiary/aromatic N) is 2. The van der Waals surface area contributed by atoms with Crippen LogP contribution in [0.25, 0.3) is 0 Å². The van der Waals surface area contributed by atoms with Crippen molar-refractivity contribution in [2.45, 2.75) is 20.3 Å². The van der Waals surface area contributed by atoms with Crippen LogP contribution in [0.5, 0.6) is 0 Å². The Morgan fingerprint density at radius 3 is 2.59 bits per heavy atom. The summed E-state index contributed by atoms with van der Waals surface area (Å²) in [6, 6.07) is 0. The van der Waals surface area contributed by atoms with E-state index >= 15 is 0 Å². The number of aryl methyl sites for hydroxylation is 2. The molecule has 96 valence electrons. The van der Waals surface area contributed by atoms with Crippen molar-refractivity contribution in [3.63, 3.8) is 0 Å². The zero-order valence-corrected chi connectivity index (χ0v) is 9.61. The van der Waals surface area contributed by atoms with Crippen molar-refractivity contribution in [1.82, 2.24) is 9.88 Å². The van der Waals surface area contributed by atoms with Gasteiger partial charge in [-0.25, -0.2) is 13.8 Å². The Balaban J connectivity index is 2.87. The fraction of sp³-hybridized carbons (Fsp3) is 0.600. The maximum absolute atomic E-state index is 12.3. The third kappa shape index (κ3) is 3.48. The van der Waals surface area contributed by atoms with Crippen LogP contribution in [0.15, 0.2) is 4.42 Å². The Morgan fingerprint density at radius 2 is 2.18 bits per heavy atom. The molecule has 0 bridgehead atoms. The Morgan fingerprint density at radius 1 is 1.53 bits per heavy atom. The summed E-state index contributed by atoms with van der Waals surface area (Å²) in [5.41, 5.74) is 0.352. The smallest absolute Gasteiger partial charge is 0.291 e. The normalized spacial score (nSPS) is 10.9. The van der Waals surface area contributed by atoms with E-state index in [-0.39, 0.29) is 18.9 Å². The first-order chi connectivity index (χ1) is 7.95. The average Bonchev–Trinajstić information content (AvgIpc) is 2.55. The highest BCUT2D eigenvalue weighted by atomic mass is 19.3. The summed E-state index contributed by atoms with van der Waals surface area (Å²) in [5.74, 6) is -0.444. The van der Waals surface area contributed by atoms with Crippen LogP contribution < -0.4 is 0 Å². The topological polar surface area (TPSA) is 66.6 Å². The minimum atomic E-state index is -2.66. The standard InChI is InChI=1S/C10H14F2N2O3/c1-6-9(17-7(2)13-6)10(16)14(3-4-15)5-8(11)12/h8,15H,3-5H2,1-2H3. The van der Waals surface area contributed by atoms with Gasteiger partial charge in [0, 0.05) is 13.5 Å². The van der Waals surface area contributed by atoms with Gasteiger partial charge >= 0.3 is 0 Å². The molecule has 5 nitrogen and oxygen atoms in total. The molecule has 1 amide bonds. The number of carbonyl (C=O) groups excluding carboxylic acids is 1. The molecule has 0 saturated heterocycles. The van der Waals surface area contributed by atoms with Gasteiger partial charge in [0.25, 0.3) is 12.3 Å². The molecule has 1 N–H and O–H groups in total. The molecule has 1 rings (SSSR count).